The summed E-state index contributed by atoms with van der Waals surface area (Å²) in [6, 6.07) is 13.8. The minimum absolute atomic E-state index is 0.154. The van der Waals surface area contributed by atoms with E-state index in [0.717, 1.165) is 12.1 Å². The predicted molar refractivity (Wildman–Crippen MR) is 117 cm³/mol. The maximum atomic E-state index is 12.9. The molecule has 0 unspecified atom stereocenters. The second kappa shape index (κ2) is 8.39. The number of aromatic amines is 2. The van der Waals surface area contributed by atoms with Crippen molar-refractivity contribution in [2.24, 2.45) is 0 Å². The van der Waals surface area contributed by atoms with Crippen LogP contribution in [0.3, 0.4) is 0 Å². The summed E-state index contributed by atoms with van der Waals surface area (Å²) in [7, 11) is 1.46. The Balaban J connectivity index is 1.38. The molecule has 0 spiro atoms. The van der Waals surface area contributed by atoms with E-state index in [4.69, 9.17) is 9.47 Å². The molecule has 3 heterocycles. The third-order valence-corrected chi connectivity index (χ3v) is 4.80. The number of H-pyrrole nitrogens is 2. The molecule has 0 fully saturated rings. The van der Waals surface area contributed by atoms with Gasteiger partial charge in [0.25, 0.3) is 0 Å². The standard InChI is InChI=1S/C22H16F3N7O2/c1-33-21-29-18-16(8-9-26-18)19(30-21)34-15-7-2-4-12(10-15)17-28-20(32-31-17)27-14-6-3-5-13(11-14)22(23,24)25/h2-11H,1H3,(H,26,29,30)(H2,27,28,31,32). The average molecular weight is 467 g/mol. The van der Waals surface area contributed by atoms with Gasteiger partial charge in [-0.05, 0) is 36.4 Å². The number of halogens is 3. The molecule has 0 aliphatic rings. The Kier molecular flexibility index (Phi) is 5.24. The molecule has 0 atom stereocenters. The maximum absolute atomic E-state index is 12.9. The first kappa shape index (κ1) is 21.2. The van der Waals surface area contributed by atoms with Crippen LogP contribution >= 0.6 is 0 Å². The van der Waals surface area contributed by atoms with Crippen LogP contribution in [0.5, 0.6) is 17.6 Å². The molecule has 172 valence electrons. The largest absolute Gasteiger partial charge is 0.467 e. The number of anilines is 2. The van der Waals surface area contributed by atoms with Gasteiger partial charge in [0.1, 0.15) is 11.4 Å². The second-order valence-corrected chi connectivity index (χ2v) is 7.11. The number of hydrogen-bond donors (Lipinski definition) is 3. The second-order valence-electron chi connectivity index (χ2n) is 7.11. The number of methoxy groups -OCH3 is 1. The lowest BCUT2D eigenvalue weighted by Gasteiger charge is -2.09. The summed E-state index contributed by atoms with van der Waals surface area (Å²) in [5, 5.41) is 11.5. The van der Waals surface area contributed by atoms with Crippen LogP contribution in [0.1, 0.15) is 5.56 Å². The lowest BCUT2D eigenvalue weighted by molar-refractivity contribution is -0.137. The van der Waals surface area contributed by atoms with Gasteiger partial charge in [-0.1, -0.05) is 18.2 Å². The zero-order valence-corrected chi connectivity index (χ0v) is 17.5. The summed E-state index contributed by atoms with van der Waals surface area (Å²) in [5.74, 6) is 1.37. The van der Waals surface area contributed by atoms with Crippen molar-refractivity contribution in [1.82, 2.24) is 30.1 Å². The van der Waals surface area contributed by atoms with E-state index in [0.29, 0.717) is 34.1 Å². The summed E-state index contributed by atoms with van der Waals surface area (Å²) in [6.45, 7) is 0. The number of nitrogens with zero attached hydrogens (tertiary/aromatic N) is 4. The molecule has 2 aromatic carbocycles. The summed E-state index contributed by atoms with van der Waals surface area (Å²) < 4.78 is 49.9. The molecule has 0 amide bonds. The molecule has 0 saturated carbocycles. The number of ether oxygens (including phenoxy) is 2. The van der Waals surface area contributed by atoms with Gasteiger partial charge in [-0.15, -0.1) is 10.2 Å². The van der Waals surface area contributed by atoms with Crippen LogP contribution in [0.15, 0.2) is 60.8 Å². The van der Waals surface area contributed by atoms with Crippen LogP contribution in [0.4, 0.5) is 24.8 Å². The number of benzene rings is 2. The molecule has 3 aromatic heterocycles. The Morgan fingerprint density at radius 2 is 1.82 bits per heavy atom. The van der Waals surface area contributed by atoms with Crippen LogP contribution in [0, 0.1) is 0 Å². The van der Waals surface area contributed by atoms with Gasteiger partial charge in [-0.25, -0.2) is 0 Å². The highest BCUT2D eigenvalue weighted by Gasteiger charge is 2.30. The Morgan fingerprint density at radius 1 is 0.971 bits per heavy atom. The van der Waals surface area contributed by atoms with Crippen LogP contribution in [0.2, 0.25) is 0 Å². The zero-order chi connectivity index (χ0) is 23.7. The van der Waals surface area contributed by atoms with E-state index in [1.807, 2.05) is 0 Å². The number of fused-ring (bicyclic) bond motifs is 1. The van der Waals surface area contributed by atoms with Gasteiger partial charge in [0.15, 0.2) is 5.82 Å². The molecule has 0 saturated heterocycles. The summed E-state index contributed by atoms with van der Waals surface area (Å²) in [5.41, 5.74) is 0.676. The smallest absolute Gasteiger partial charge is 0.416 e. The van der Waals surface area contributed by atoms with Gasteiger partial charge >= 0.3 is 12.2 Å². The summed E-state index contributed by atoms with van der Waals surface area (Å²) in [6.07, 6.45) is -2.72. The Labute approximate surface area is 190 Å². The quantitative estimate of drug-likeness (QED) is 0.310. The third kappa shape index (κ3) is 4.33. The van der Waals surface area contributed by atoms with E-state index < -0.39 is 11.7 Å². The molecular formula is C22H16F3N7O2. The monoisotopic (exact) mass is 467 g/mol. The Bertz CT molecular complexity index is 1460. The molecule has 34 heavy (non-hydrogen) atoms. The highest BCUT2D eigenvalue weighted by Crippen LogP contribution is 2.32. The number of alkyl halides is 3. The number of aromatic nitrogens is 6. The van der Waals surface area contributed by atoms with E-state index in [-0.39, 0.29) is 17.6 Å². The number of rotatable bonds is 6. The highest BCUT2D eigenvalue weighted by molar-refractivity contribution is 5.81. The lowest BCUT2D eigenvalue weighted by Crippen LogP contribution is -2.05. The number of hydrogen-bond acceptors (Lipinski definition) is 7. The Hall–Kier alpha value is -4.61. The van der Waals surface area contributed by atoms with Crippen molar-refractivity contribution in [2.45, 2.75) is 6.18 Å². The molecule has 0 bridgehead atoms. The van der Waals surface area contributed by atoms with Crippen molar-refractivity contribution in [3.05, 3.63) is 66.4 Å². The SMILES string of the molecule is COc1nc(Oc2cccc(-c3nnc(Nc4cccc(C(F)(F)F)c4)[nH]3)c2)c2cc[nH]c2n1. The fourth-order valence-electron chi connectivity index (χ4n) is 3.24. The van der Waals surface area contributed by atoms with E-state index in [1.165, 1.54) is 19.2 Å². The molecule has 9 nitrogen and oxygen atoms in total. The first-order valence-corrected chi connectivity index (χ1v) is 9.93. The summed E-state index contributed by atoms with van der Waals surface area (Å²) >= 11 is 0. The van der Waals surface area contributed by atoms with Crippen molar-refractivity contribution >= 4 is 22.7 Å². The van der Waals surface area contributed by atoms with Crippen molar-refractivity contribution in [2.75, 3.05) is 12.4 Å². The molecule has 5 rings (SSSR count). The van der Waals surface area contributed by atoms with E-state index >= 15 is 0 Å². The average Bonchev–Trinajstić information content (AvgIpc) is 3.48. The van der Waals surface area contributed by atoms with Crippen LogP contribution in [0.25, 0.3) is 22.4 Å². The maximum Gasteiger partial charge on any atom is 0.416 e. The van der Waals surface area contributed by atoms with Crippen molar-refractivity contribution in [3.63, 3.8) is 0 Å². The van der Waals surface area contributed by atoms with Crippen LogP contribution < -0.4 is 14.8 Å². The minimum atomic E-state index is -4.44. The lowest BCUT2D eigenvalue weighted by atomic mass is 10.2. The van der Waals surface area contributed by atoms with Crippen LogP contribution in [-0.4, -0.2) is 37.2 Å². The van der Waals surface area contributed by atoms with Crippen molar-refractivity contribution in [1.29, 1.82) is 0 Å². The molecule has 0 aliphatic heterocycles. The fraction of sp³-hybridized carbons (Fsp3) is 0.0909. The fourth-order valence-corrected chi connectivity index (χ4v) is 3.24. The highest BCUT2D eigenvalue weighted by atomic mass is 19.4. The van der Waals surface area contributed by atoms with Crippen LogP contribution in [-0.2, 0) is 6.18 Å². The van der Waals surface area contributed by atoms with Gasteiger partial charge in [0.05, 0.1) is 18.1 Å². The van der Waals surface area contributed by atoms with Gasteiger partial charge in [0.2, 0.25) is 11.8 Å². The molecule has 0 aliphatic carbocycles. The first-order chi connectivity index (χ1) is 16.4. The van der Waals surface area contributed by atoms with E-state index in [2.05, 4.69) is 35.5 Å². The van der Waals surface area contributed by atoms with Gasteiger partial charge in [-0.2, -0.15) is 23.1 Å². The van der Waals surface area contributed by atoms with Gasteiger partial charge < -0.3 is 24.8 Å². The normalized spacial score (nSPS) is 11.5. The molecule has 3 N–H and O–H groups in total. The summed E-state index contributed by atoms with van der Waals surface area (Å²) in [4.78, 5) is 14.4. The number of nitrogens with one attached hydrogen (secondary N) is 3. The van der Waals surface area contributed by atoms with Gasteiger partial charge in [0, 0.05) is 17.4 Å². The van der Waals surface area contributed by atoms with E-state index in [9.17, 15) is 13.2 Å². The predicted octanol–water partition coefficient (Wildman–Crippen LogP) is 5.31. The molecule has 0 radical (unpaired) electrons. The topological polar surface area (TPSA) is 114 Å². The van der Waals surface area contributed by atoms with E-state index in [1.54, 1.807) is 36.5 Å². The van der Waals surface area contributed by atoms with Crippen molar-refractivity contribution < 1.29 is 22.6 Å². The zero-order valence-electron chi connectivity index (χ0n) is 17.5. The van der Waals surface area contributed by atoms with Gasteiger partial charge in [-0.3, -0.25) is 0 Å². The molecule has 5 aromatic rings. The molecule has 12 heteroatoms. The first-order valence-electron chi connectivity index (χ1n) is 9.93. The molecular weight excluding hydrogens is 451 g/mol. The van der Waals surface area contributed by atoms with Crippen molar-refractivity contribution in [3.8, 4) is 29.0 Å². The Morgan fingerprint density at radius 3 is 2.65 bits per heavy atom. The minimum Gasteiger partial charge on any atom is -0.467 e. The third-order valence-electron chi connectivity index (χ3n) is 4.80.